The van der Waals surface area contributed by atoms with Crippen LogP contribution in [0.3, 0.4) is 0 Å². The Bertz CT molecular complexity index is 1050. The first-order valence-corrected chi connectivity index (χ1v) is 10.4. The zero-order chi connectivity index (χ0) is 19.3. The van der Waals surface area contributed by atoms with Gasteiger partial charge in [0.2, 0.25) is 0 Å². The van der Waals surface area contributed by atoms with Gasteiger partial charge in [0.25, 0.3) is 0 Å². The van der Waals surface area contributed by atoms with Crippen LogP contribution in [0.4, 0.5) is 0 Å². The van der Waals surface area contributed by atoms with E-state index in [2.05, 4.69) is 71.5 Å². The van der Waals surface area contributed by atoms with Crippen LogP contribution >= 0.6 is 11.3 Å². The predicted octanol–water partition coefficient (Wildman–Crippen LogP) is 5.87. The summed E-state index contributed by atoms with van der Waals surface area (Å²) in [7, 11) is 1.69. The Balaban J connectivity index is 1.59. The molecule has 0 fully saturated rings. The highest BCUT2D eigenvalue weighted by atomic mass is 32.1. The van der Waals surface area contributed by atoms with E-state index in [1.807, 2.05) is 12.1 Å². The average molecular weight is 389 g/mol. The van der Waals surface area contributed by atoms with Crippen molar-refractivity contribution in [3.8, 4) is 17.0 Å². The van der Waals surface area contributed by atoms with Gasteiger partial charge in [0.1, 0.15) is 5.75 Å². The lowest BCUT2D eigenvalue weighted by molar-refractivity contribution is 0.415. The minimum absolute atomic E-state index is 0.462. The molecule has 142 valence electrons. The van der Waals surface area contributed by atoms with E-state index in [1.165, 1.54) is 16.7 Å². The molecule has 2 aromatic carbocycles. The third kappa shape index (κ3) is 4.08. The van der Waals surface area contributed by atoms with Crippen molar-refractivity contribution in [2.45, 2.75) is 19.4 Å². The summed E-state index contributed by atoms with van der Waals surface area (Å²) >= 11 is 1.70. The van der Waals surface area contributed by atoms with Crippen LogP contribution in [0.1, 0.15) is 24.0 Å². The van der Waals surface area contributed by atoms with Crippen molar-refractivity contribution >= 4 is 22.2 Å². The summed E-state index contributed by atoms with van der Waals surface area (Å²) in [4.78, 5) is 4.97. The van der Waals surface area contributed by atoms with Gasteiger partial charge in [-0.15, -0.1) is 0 Å². The van der Waals surface area contributed by atoms with Gasteiger partial charge in [-0.25, -0.2) is 4.98 Å². The molecule has 1 unspecified atom stereocenters. The van der Waals surface area contributed by atoms with Crippen molar-refractivity contribution in [1.82, 2.24) is 10.3 Å². The molecule has 0 saturated heterocycles. The SMILES string of the molecule is COc1ccc2cc(CNCC(C)c3ccccc3)c(-c3ccsc3)nc2c1. The molecule has 0 bridgehead atoms. The van der Waals surface area contributed by atoms with Crippen LogP contribution in [0.15, 0.2) is 71.4 Å². The van der Waals surface area contributed by atoms with Gasteiger partial charge in [0.15, 0.2) is 0 Å². The van der Waals surface area contributed by atoms with Crippen LogP contribution in [-0.2, 0) is 6.54 Å². The van der Waals surface area contributed by atoms with Crippen molar-refractivity contribution in [3.63, 3.8) is 0 Å². The summed E-state index contributed by atoms with van der Waals surface area (Å²) in [5, 5.41) is 9.02. The van der Waals surface area contributed by atoms with Crippen LogP contribution < -0.4 is 10.1 Å². The van der Waals surface area contributed by atoms with Crippen LogP contribution in [0.2, 0.25) is 0 Å². The summed E-state index contributed by atoms with van der Waals surface area (Å²) in [6.45, 7) is 3.97. The summed E-state index contributed by atoms with van der Waals surface area (Å²) in [5.74, 6) is 1.29. The molecule has 28 heavy (non-hydrogen) atoms. The normalized spacial score (nSPS) is 12.2. The quantitative estimate of drug-likeness (QED) is 0.430. The average Bonchev–Trinajstić information content (AvgIpc) is 3.28. The molecule has 4 rings (SSSR count). The summed E-state index contributed by atoms with van der Waals surface area (Å²) < 4.78 is 5.37. The van der Waals surface area contributed by atoms with E-state index in [0.29, 0.717) is 5.92 Å². The number of methoxy groups -OCH3 is 1. The Labute approximate surface area is 170 Å². The minimum Gasteiger partial charge on any atom is -0.497 e. The zero-order valence-corrected chi connectivity index (χ0v) is 17.0. The van der Waals surface area contributed by atoms with Crippen LogP contribution in [-0.4, -0.2) is 18.6 Å². The van der Waals surface area contributed by atoms with E-state index >= 15 is 0 Å². The smallest absolute Gasteiger partial charge is 0.121 e. The van der Waals surface area contributed by atoms with Gasteiger partial charge in [-0.1, -0.05) is 37.3 Å². The van der Waals surface area contributed by atoms with E-state index in [9.17, 15) is 0 Å². The fourth-order valence-electron chi connectivity index (χ4n) is 3.42. The maximum Gasteiger partial charge on any atom is 0.121 e. The van der Waals surface area contributed by atoms with Crippen molar-refractivity contribution in [2.24, 2.45) is 0 Å². The first-order chi connectivity index (χ1) is 13.7. The topological polar surface area (TPSA) is 34.1 Å². The van der Waals surface area contributed by atoms with Crippen molar-refractivity contribution < 1.29 is 4.74 Å². The standard InChI is InChI=1S/C24H24N2OS/c1-17(18-6-4-3-5-7-18)14-25-15-21-12-19-8-9-22(27-2)13-23(19)26-24(21)20-10-11-28-16-20/h3-13,16-17,25H,14-15H2,1-2H3. The number of benzene rings is 2. The van der Waals surface area contributed by atoms with E-state index in [0.717, 1.165) is 35.4 Å². The molecule has 3 nitrogen and oxygen atoms in total. The van der Waals surface area contributed by atoms with Crippen molar-refractivity contribution in [2.75, 3.05) is 13.7 Å². The molecule has 2 heterocycles. The van der Waals surface area contributed by atoms with E-state index in [1.54, 1.807) is 18.4 Å². The van der Waals surface area contributed by atoms with Crippen molar-refractivity contribution in [3.05, 3.63) is 82.6 Å². The monoisotopic (exact) mass is 388 g/mol. The highest BCUT2D eigenvalue weighted by molar-refractivity contribution is 7.08. The first-order valence-electron chi connectivity index (χ1n) is 9.50. The fourth-order valence-corrected chi connectivity index (χ4v) is 4.06. The lowest BCUT2D eigenvalue weighted by Crippen LogP contribution is -2.20. The molecule has 1 N–H and O–H groups in total. The Morgan fingerprint density at radius 2 is 1.93 bits per heavy atom. The lowest BCUT2D eigenvalue weighted by Gasteiger charge is -2.15. The summed E-state index contributed by atoms with van der Waals surface area (Å²) in [6, 6.07) is 21.1. The maximum atomic E-state index is 5.37. The highest BCUT2D eigenvalue weighted by Crippen LogP contribution is 2.29. The Morgan fingerprint density at radius 1 is 1.07 bits per heavy atom. The number of hydrogen-bond donors (Lipinski definition) is 1. The zero-order valence-electron chi connectivity index (χ0n) is 16.2. The molecule has 0 saturated carbocycles. The maximum absolute atomic E-state index is 5.37. The number of ether oxygens (including phenoxy) is 1. The fraction of sp³-hybridized carbons (Fsp3) is 0.208. The Kier molecular flexibility index (Phi) is 5.70. The number of nitrogens with one attached hydrogen (secondary N) is 1. The van der Waals surface area contributed by atoms with Gasteiger partial charge in [-0.2, -0.15) is 11.3 Å². The van der Waals surface area contributed by atoms with E-state index < -0.39 is 0 Å². The number of aromatic nitrogens is 1. The molecule has 0 spiro atoms. The van der Waals surface area contributed by atoms with Gasteiger partial charge in [-0.3, -0.25) is 0 Å². The lowest BCUT2D eigenvalue weighted by atomic mass is 10.0. The highest BCUT2D eigenvalue weighted by Gasteiger charge is 2.12. The molecule has 0 aliphatic carbocycles. The molecule has 2 aromatic heterocycles. The third-order valence-corrected chi connectivity index (χ3v) is 5.72. The van der Waals surface area contributed by atoms with Crippen LogP contribution in [0.25, 0.3) is 22.2 Å². The third-order valence-electron chi connectivity index (χ3n) is 5.03. The second-order valence-electron chi connectivity index (χ2n) is 7.01. The molecule has 0 aliphatic rings. The molecule has 4 aromatic rings. The van der Waals surface area contributed by atoms with Gasteiger partial charge in [0, 0.05) is 35.5 Å². The molecule has 4 heteroatoms. The molecule has 0 radical (unpaired) electrons. The number of hydrogen-bond acceptors (Lipinski definition) is 4. The second-order valence-corrected chi connectivity index (χ2v) is 7.79. The van der Waals surface area contributed by atoms with E-state index in [-0.39, 0.29) is 0 Å². The van der Waals surface area contributed by atoms with Crippen LogP contribution in [0, 0.1) is 0 Å². The van der Waals surface area contributed by atoms with Gasteiger partial charge in [0.05, 0.1) is 18.3 Å². The molecular weight excluding hydrogens is 364 g/mol. The first kappa shape index (κ1) is 18.7. The van der Waals surface area contributed by atoms with E-state index in [4.69, 9.17) is 9.72 Å². The Morgan fingerprint density at radius 3 is 2.68 bits per heavy atom. The van der Waals surface area contributed by atoms with Crippen molar-refractivity contribution in [1.29, 1.82) is 0 Å². The number of fused-ring (bicyclic) bond motifs is 1. The summed E-state index contributed by atoms with van der Waals surface area (Å²) in [5.41, 5.74) is 5.75. The second kappa shape index (κ2) is 8.55. The number of pyridine rings is 1. The van der Waals surface area contributed by atoms with Gasteiger partial charge in [-0.05, 0) is 46.7 Å². The number of thiophene rings is 1. The molecule has 1 atom stereocenters. The Hall–Kier alpha value is -2.69. The predicted molar refractivity (Wildman–Crippen MR) is 118 cm³/mol. The van der Waals surface area contributed by atoms with Gasteiger partial charge < -0.3 is 10.1 Å². The largest absolute Gasteiger partial charge is 0.497 e. The minimum atomic E-state index is 0.462. The summed E-state index contributed by atoms with van der Waals surface area (Å²) in [6.07, 6.45) is 0. The number of nitrogens with zero attached hydrogens (tertiary/aromatic N) is 1. The number of rotatable bonds is 7. The van der Waals surface area contributed by atoms with Crippen LogP contribution in [0.5, 0.6) is 5.75 Å². The molecule has 0 amide bonds. The molecule has 0 aliphatic heterocycles. The molecular formula is C24H24N2OS. The van der Waals surface area contributed by atoms with Gasteiger partial charge >= 0.3 is 0 Å².